The molecule has 1 unspecified atom stereocenters. The first-order chi connectivity index (χ1) is 8.16. The molecule has 1 aliphatic heterocycles. The van der Waals surface area contributed by atoms with E-state index < -0.39 is 5.97 Å². The number of carboxylic acid groups (broad SMARTS) is 1. The van der Waals surface area contributed by atoms with Gasteiger partial charge >= 0.3 is 12.0 Å². The maximum Gasteiger partial charge on any atom is 0.317 e. The van der Waals surface area contributed by atoms with E-state index in [0.717, 1.165) is 19.3 Å². The van der Waals surface area contributed by atoms with Crippen molar-refractivity contribution in [3.05, 3.63) is 12.2 Å². The number of allylic oxidation sites excluding steroid dienone is 2. The molecule has 5 heteroatoms. The highest BCUT2D eigenvalue weighted by atomic mass is 16.4. The Bertz CT molecular complexity index is 335. The van der Waals surface area contributed by atoms with Crippen molar-refractivity contribution in [3.63, 3.8) is 0 Å². The molecule has 1 atom stereocenters. The minimum Gasteiger partial charge on any atom is -0.481 e. The number of hydrogen-bond acceptors (Lipinski definition) is 2. The third-order valence-electron chi connectivity index (χ3n) is 3.44. The molecule has 0 bridgehead atoms. The fraction of sp³-hybridized carbons (Fsp3) is 0.667. The van der Waals surface area contributed by atoms with Gasteiger partial charge in [0.25, 0.3) is 0 Å². The van der Waals surface area contributed by atoms with E-state index >= 15 is 0 Å². The first-order valence-electron chi connectivity index (χ1n) is 6.07. The highest BCUT2D eigenvalue weighted by Gasteiger charge is 2.35. The lowest BCUT2D eigenvalue weighted by atomic mass is 9.94. The number of hydrogen-bond donors (Lipinski definition) is 2. The topological polar surface area (TPSA) is 69.6 Å². The van der Waals surface area contributed by atoms with E-state index in [9.17, 15) is 9.59 Å². The minimum atomic E-state index is -0.813. The summed E-state index contributed by atoms with van der Waals surface area (Å²) in [6.07, 6.45) is 7.56. The fourth-order valence-corrected chi connectivity index (χ4v) is 2.19. The van der Waals surface area contributed by atoms with E-state index in [2.05, 4.69) is 17.5 Å². The van der Waals surface area contributed by atoms with E-state index in [1.165, 1.54) is 0 Å². The van der Waals surface area contributed by atoms with Gasteiger partial charge in [0, 0.05) is 19.6 Å². The van der Waals surface area contributed by atoms with E-state index in [1.54, 1.807) is 4.90 Å². The number of urea groups is 1. The largest absolute Gasteiger partial charge is 0.481 e. The van der Waals surface area contributed by atoms with Crippen LogP contribution in [0.5, 0.6) is 0 Å². The Kier molecular flexibility index (Phi) is 3.66. The molecule has 2 N–H and O–H groups in total. The molecule has 2 amide bonds. The lowest BCUT2D eigenvalue weighted by molar-refractivity contribution is -0.146. The second kappa shape index (κ2) is 5.21. The van der Waals surface area contributed by atoms with Crippen LogP contribution in [-0.2, 0) is 4.79 Å². The molecule has 2 aliphatic rings. The van der Waals surface area contributed by atoms with Crippen LogP contribution in [0.15, 0.2) is 12.2 Å². The molecule has 0 aromatic carbocycles. The number of aliphatic carboxylic acids is 1. The average molecular weight is 238 g/mol. The number of rotatable bonds is 3. The van der Waals surface area contributed by atoms with Crippen molar-refractivity contribution in [2.75, 3.05) is 19.6 Å². The molecule has 0 aromatic heterocycles. The predicted octanol–water partition coefficient (Wildman–Crippen LogP) is 1.07. The standard InChI is InChI=1S/C12H18N2O3/c15-11(16)10-7-14(8-10)12(17)13-6-9-4-2-1-3-5-9/h1-2,9-10H,3-8H2,(H,13,17)(H,15,16). The Labute approximate surface area is 100 Å². The summed E-state index contributed by atoms with van der Waals surface area (Å²) in [5.41, 5.74) is 0. The van der Waals surface area contributed by atoms with Crippen LogP contribution in [0.3, 0.4) is 0 Å². The molecular weight excluding hydrogens is 220 g/mol. The molecular formula is C12H18N2O3. The lowest BCUT2D eigenvalue weighted by Crippen LogP contribution is -2.56. The van der Waals surface area contributed by atoms with Gasteiger partial charge in [-0.15, -0.1) is 0 Å². The summed E-state index contributed by atoms with van der Waals surface area (Å²) in [6.45, 7) is 1.37. The Balaban J connectivity index is 1.65. The summed E-state index contributed by atoms with van der Waals surface area (Å²) in [5.74, 6) is -0.662. The van der Waals surface area contributed by atoms with Crippen molar-refractivity contribution in [1.29, 1.82) is 0 Å². The second-order valence-corrected chi connectivity index (χ2v) is 4.78. The van der Waals surface area contributed by atoms with E-state index in [0.29, 0.717) is 25.6 Å². The quantitative estimate of drug-likeness (QED) is 0.722. The van der Waals surface area contributed by atoms with Crippen molar-refractivity contribution < 1.29 is 14.7 Å². The second-order valence-electron chi connectivity index (χ2n) is 4.78. The number of carbonyl (C=O) groups is 2. The summed E-state index contributed by atoms with van der Waals surface area (Å²) in [7, 11) is 0. The van der Waals surface area contributed by atoms with Gasteiger partial charge in [-0.25, -0.2) is 4.79 Å². The number of amides is 2. The first-order valence-corrected chi connectivity index (χ1v) is 6.07. The molecule has 0 saturated carbocycles. The minimum absolute atomic E-state index is 0.128. The van der Waals surface area contributed by atoms with Crippen molar-refractivity contribution >= 4 is 12.0 Å². The van der Waals surface area contributed by atoms with Crippen LogP contribution >= 0.6 is 0 Å². The van der Waals surface area contributed by atoms with Crippen molar-refractivity contribution in [2.24, 2.45) is 11.8 Å². The maximum atomic E-state index is 11.6. The zero-order chi connectivity index (χ0) is 12.3. The Hall–Kier alpha value is -1.52. The number of nitrogens with one attached hydrogen (secondary N) is 1. The molecule has 0 aromatic rings. The van der Waals surface area contributed by atoms with Crippen LogP contribution in [0.1, 0.15) is 19.3 Å². The molecule has 17 heavy (non-hydrogen) atoms. The fourth-order valence-electron chi connectivity index (χ4n) is 2.19. The van der Waals surface area contributed by atoms with Gasteiger partial charge in [-0.05, 0) is 25.2 Å². The smallest absolute Gasteiger partial charge is 0.317 e. The number of carboxylic acids is 1. The summed E-state index contributed by atoms with van der Waals surface area (Å²) < 4.78 is 0. The number of likely N-dealkylation sites (tertiary alicyclic amines) is 1. The van der Waals surface area contributed by atoms with E-state index in [4.69, 9.17) is 5.11 Å². The SMILES string of the molecule is O=C(O)C1CN(C(=O)NCC2CC=CCC2)C1. The Morgan fingerprint density at radius 2 is 2.12 bits per heavy atom. The first kappa shape index (κ1) is 12.0. The molecule has 1 heterocycles. The van der Waals surface area contributed by atoms with Gasteiger partial charge < -0.3 is 15.3 Å². The average Bonchev–Trinajstić information content (AvgIpc) is 2.25. The summed E-state index contributed by atoms with van der Waals surface area (Å²) in [4.78, 5) is 23.8. The zero-order valence-electron chi connectivity index (χ0n) is 9.76. The molecule has 1 aliphatic carbocycles. The van der Waals surface area contributed by atoms with E-state index in [1.807, 2.05) is 0 Å². The van der Waals surface area contributed by atoms with Gasteiger partial charge in [0.05, 0.1) is 5.92 Å². The van der Waals surface area contributed by atoms with Crippen LogP contribution in [0.25, 0.3) is 0 Å². The van der Waals surface area contributed by atoms with Crippen LogP contribution in [0.4, 0.5) is 4.79 Å². The van der Waals surface area contributed by atoms with Gasteiger partial charge in [-0.1, -0.05) is 12.2 Å². The molecule has 1 saturated heterocycles. The van der Waals surface area contributed by atoms with Gasteiger partial charge in [-0.2, -0.15) is 0 Å². The third-order valence-corrected chi connectivity index (χ3v) is 3.44. The number of nitrogens with zero attached hydrogens (tertiary/aromatic N) is 1. The van der Waals surface area contributed by atoms with Crippen molar-refractivity contribution in [1.82, 2.24) is 10.2 Å². The number of carbonyl (C=O) groups excluding carboxylic acids is 1. The molecule has 5 nitrogen and oxygen atoms in total. The Morgan fingerprint density at radius 1 is 1.35 bits per heavy atom. The highest BCUT2D eigenvalue weighted by molar-refractivity contribution is 5.79. The van der Waals surface area contributed by atoms with Crippen LogP contribution < -0.4 is 5.32 Å². The van der Waals surface area contributed by atoms with Crippen LogP contribution in [0, 0.1) is 11.8 Å². The van der Waals surface area contributed by atoms with Gasteiger partial charge in [0.15, 0.2) is 0 Å². The van der Waals surface area contributed by atoms with Crippen molar-refractivity contribution in [2.45, 2.75) is 19.3 Å². The highest BCUT2D eigenvalue weighted by Crippen LogP contribution is 2.18. The summed E-state index contributed by atoms with van der Waals surface area (Å²) in [6, 6.07) is -0.128. The molecule has 2 rings (SSSR count). The molecule has 0 spiro atoms. The Morgan fingerprint density at radius 3 is 2.71 bits per heavy atom. The lowest BCUT2D eigenvalue weighted by Gasteiger charge is -2.36. The van der Waals surface area contributed by atoms with Crippen molar-refractivity contribution in [3.8, 4) is 0 Å². The van der Waals surface area contributed by atoms with Crippen LogP contribution in [0.2, 0.25) is 0 Å². The van der Waals surface area contributed by atoms with Crippen LogP contribution in [-0.4, -0.2) is 41.6 Å². The normalized spacial score (nSPS) is 24.2. The zero-order valence-corrected chi connectivity index (χ0v) is 9.76. The monoisotopic (exact) mass is 238 g/mol. The molecule has 0 radical (unpaired) electrons. The summed E-state index contributed by atoms with van der Waals surface area (Å²) in [5, 5.41) is 11.6. The van der Waals surface area contributed by atoms with Gasteiger partial charge in [0.2, 0.25) is 0 Å². The molecule has 94 valence electrons. The predicted molar refractivity (Wildman–Crippen MR) is 62.6 cm³/mol. The summed E-state index contributed by atoms with van der Waals surface area (Å²) >= 11 is 0. The van der Waals surface area contributed by atoms with E-state index in [-0.39, 0.29) is 11.9 Å². The maximum absolute atomic E-state index is 11.6. The van der Waals surface area contributed by atoms with Gasteiger partial charge in [-0.3, -0.25) is 4.79 Å². The molecule has 1 fully saturated rings. The van der Waals surface area contributed by atoms with Gasteiger partial charge in [0.1, 0.15) is 0 Å². The third kappa shape index (κ3) is 2.99.